The molecule has 0 radical (unpaired) electrons. The number of para-hydroxylation sites is 1. The Hall–Kier alpha value is -2.38. The van der Waals surface area contributed by atoms with Gasteiger partial charge in [-0.2, -0.15) is 4.31 Å². The zero-order valence-corrected chi connectivity index (χ0v) is 17.4. The lowest BCUT2D eigenvalue weighted by molar-refractivity contribution is -0.121. The molecule has 1 aliphatic heterocycles. The second-order valence-electron chi connectivity index (χ2n) is 7.12. The second-order valence-corrected chi connectivity index (χ2v) is 9.06. The molecule has 1 saturated heterocycles. The van der Waals surface area contributed by atoms with Gasteiger partial charge in [0.2, 0.25) is 15.9 Å². The molecule has 156 valence electrons. The van der Waals surface area contributed by atoms with E-state index >= 15 is 0 Å². The molecule has 1 N–H and O–H groups in total. The first-order valence-electron chi connectivity index (χ1n) is 10.1. The third-order valence-corrected chi connectivity index (χ3v) is 6.83. The number of nitrogens with zero attached hydrogens (tertiary/aromatic N) is 1. The fourth-order valence-corrected chi connectivity index (χ4v) is 4.78. The minimum atomic E-state index is -3.38. The van der Waals surface area contributed by atoms with Gasteiger partial charge >= 0.3 is 0 Å². The van der Waals surface area contributed by atoms with Crippen LogP contribution in [-0.2, 0) is 21.2 Å². The van der Waals surface area contributed by atoms with Gasteiger partial charge in [-0.1, -0.05) is 30.3 Å². The Kier molecular flexibility index (Phi) is 7.66. The predicted octanol–water partition coefficient (Wildman–Crippen LogP) is 2.99. The van der Waals surface area contributed by atoms with Crippen LogP contribution in [0.4, 0.5) is 0 Å². The Bertz CT molecular complexity index is 877. The molecular weight excluding hydrogens is 388 g/mol. The van der Waals surface area contributed by atoms with E-state index in [-0.39, 0.29) is 5.91 Å². The Balaban J connectivity index is 1.35. The molecule has 1 amide bonds. The summed E-state index contributed by atoms with van der Waals surface area (Å²) >= 11 is 0. The van der Waals surface area contributed by atoms with Crippen LogP contribution in [0, 0.1) is 0 Å². The van der Waals surface area contributed by atoms with E-state index in [4.69, 9.17) is 4.74 Å². The number of benzene rings is 2. The average Bonchev–Trinajstić information content (AvgIpc) is 3.29. The summed E-state index contributed by atoms with van der Waals surface area (Å²) in [5, 5.41) is 2.89. The molecule has 2 aromatic rings. The fourth-order valence-electron chi connectivity index (χ4n) is 3.26. The first-order chi connectivity index (χ1) is 14.1. The van der Waals surface area contributed by atoms with E-state index in [0.717, 1.165) is 30.6 Å². The van der Waals surface area contributed by atoms with Crippen LogP contribution >= 0.6 is 0 Å². The molecule has 1 heterocycles. The number of ether oxygens (including phenoxy) is 1. The molecule has 0 unspecified atom stereocenters. The van der Waals surface area contributed by atoms with Crippen LogP contribution < -0.4 is 10.1 Å². The molecule has 1 aliphatic rings. The summed E-state index contributed by atoms with van der Waals surface area (Å²) in [5.41, 5.74) is 0.952. The smallest absolute Gasteiger partial charge is 0.243 e. The van der Waals surface area contributed by atoms with Gasteiger partial charge in [0, 0.05) is 26.1 Å². The van der Waals surface area contributed by atoms with Crippen molar-refractivity contribution in [2.75, 3.05) is 26.2 Å². The molecule has 7 heteroatoms. The molecule has 0 saturated carbocycles. The van der Waals surface area contributed by atoms with Crippen LogP contribution in [0.15, 0.2) is 59.5 Å². The first kappa shape index (κ1) is 21.3. The molecule has 1 fully saturated rings. The largest absolute Gasteiger partial charge is 0.494 e. The van der Waals surface area contributed by atoms with Crippen molar-refractivity contribution in [1.82, 2.24) is 9.62 Å². The molecule has 2 aromatic carbocycles. The summed E-state index contributed by atoms with van der Waals surface area (Å²) in [6.45, 7) is 2.32. The Labute approximate surface area is 172 Å². The van der Waals surface area contributed by atoms with Gasteiger partial charge in [-0.15, -0.1) is 0 Å². The van der Waals surface area contributed by atoms with Crippen LogP contribution in [0.5, 0.6) is 5.75 Å². The van der Waals surface area contributed by atoms with Crippen molar-refractivity contribution in [1.29, 1.82) is 0 Å². The van der Waals surface area contributed by atoms with Crippen LogP contribution in [-0.4, -0.2) is 44.9 Å². The maximum atomic E-state index is 12.5. The Morgan fingerprint density at radius 3 is 2.38 bits per heavy atom. The van der Waals surface area contributed by atoms with Gasteiger partial charge in [0.15, 0.2) is 0 Å². The number of carbonyl (C=O) groups excluding carboxylic acids is 1. The van der Waals surface area contributed by atoms with Gasteiger partial charge in [0.05, 0.1) is 11.5 Å². The van der Waals surface area contributed by atoms with E-state index in [1.807, 2.05) is 30.3 Å². The van der Waals surface area contributed by atoms with Gasteiger partial charge in [0.1, 0.15) is 5.75 Å². The number of rotatable bonds is 10. The molecular formula is C22H28N2O4S. The lowest BCUT2D eigenvalue weighted by atomic mass is 10.1. The van der Waals surface area contributed by atoms with Gasteiger partial charge in [-0.05, 0) is 55.5 Å². The molecule has 0 atom stereocenters. The highest BCUT2D eigenvalue weighted by molar-refractivity contribution is 7.89. The minimum absolute atomic E-state index is 0.0153. The lowest BCUT2D eigenvalue weighted by Gasteiger charge is -2.15. The number of amides is 1. The summed E-state index contributed by atoms with van der Waals surface area (Å²) in [6, 6.07) is 16.5. The summed E-state index contributed by atoms with van der Waals surface area (Å²) in [7, 11) is -3.38. The van der Waals surface area contributed by atoms with Crippen molar-refractivity contribution in [2.24, 2.45) is 0 Å². The van der Waals surface area contributed by atoms with Crippen molar-refractivity contribution < 1.29 is 17.9 Å². The van der Waals surface area contributed by atoms with Crippen LogP contribution in [0.2, 0.25) is 0 Å². The number of hydrogen-bond acceptors (Lipinski definition) is 4. The van der Waals surface area contributed by atoms with E-state index in [1.165, 1.54) is 4.31 Å². The van der Waals surface area contributed by atoms with E-state index in [9.17, 15) is 13.2 Å². The molecule has 6 nitrogen and oxygen atoms in total. The second kappa shape index (κ2) is 10.4. The Morgan fingerprint density at radius 1 is 1.00 bits per heavy atom. The molecule has 0 spiro atoms. The lowest BCUT2D eigenvalue weighted by Crippen LogP contribution is -2.27. The summed E-state index contributed by atoms with van der Waals surface area (Å²) in [6.07, 6.45) is 3.54. The summed E-state index contributed by atoms with van der Waals surface area (Å²) in [5.74, 6) is 0.812. The molecule has 0 aliphatic carbocycles. The minimum Gasteiger partial charge on any atom is -0.494 e. The number of sulfonamides is 1. The van der Waals surface area contributed by atoms with Gasteiger partial charge < -0.3 is 10.1 Å². The SMILES string of the molecule is O=C(CCc1ccc(S(=O)(=O)N2CCCC2)cc1)NCCCOc1ccccc1. The standard InChI is InChI=1S/C22H28N2O4S/c25-22(23-15-6-18-28-20-7-2-1-3-8-20)14-11-19-9-12-21(13-10-19)29(26,27)24-16-4-5-17-24/h1-3,7-10,12-13H,4-6,11,14-18H2,(H,23,25). The van der Waals surface area contributed by atoms with Crippen molar-refractivity contribution >= 4 is 15.9 Å². The third-order valence-electron chi connectivity index (χ3n) is 4.92. The molecule has 3 rings (SSSR count). The van der Waals surface area contributed by atoms with Crippen LogP contribution in [0.1, 0.15) is 31.2 Å². The Morgan fingerprint density at radius 2 is 1.69 bits per heavy atom. The van der Waals surface area contributed by atoms with Crippen LogP contribution in [0.25, 0.3) is 0 Å². The zero-order chi connectivity index (χ0) is 20.5. The topological polar surface area (TPSA) is 75.7 Å². The number of nitrogens with one attached hydrogen (secondary N) is 1. The van der Waals surface area contributed by atoms with E-state index < -0.39 is 10.0 Å². The zero-order valence-electron chi connectivity index (χ0n) is 16.5. The van der Waals surface area contributed by atoms with Gasteiger partial charge in [0.25, 0.3) is 0 Å². The monoisotopic (exact) mass is 416 g/mol. The number of aryl methyl sites for hydroxylation is 1. The summed E-state index contributed by atoms with van der Waals surface area (Å²) in [4.78, 5) is 12.3. The van der Waals surface area contributed by atoms with E-state index in [1.54, 1.807) is 24.3 Å². The van der Waals surface area contributed by atoms with Crippen molar-refractivity contribution in [2.45, 2.75) is 37.0 Å². The molecule has 0 aromatic heterocycles. The average molecular weight is 417 g/mol. The van der Waals surface area contributed by atoms with Gasteiger partial charge in [-0.25, -0.2) is 8.42 Å². The maximum Gasteiger partial charge on any atom is 0.243 e. The number of hydrogen-bond donors (Lipinski definition) is 1. The maximum absolute atomic E-state index is 12.5. The van der Waals surface area contributed by atoms with Crippen molar-refractivity contribution in [3.63, 3.8) is 0 Å². The van der Waals surface area contributed by atoms with Crippen molar-refractivity contribution in [3.05, 3.63) is 60.2 Å². The van der Waals surface area contributed by atoms with Crippen molar-refractivity contribution in [3.8, 4) is 5.75 Å². The number of carbonyl (C=O) groups is 1. The third kappa shape index (κ3) is 6.30. The van der Waals surface area contributed by atoms with E-state index in [0.29, 0.717) is 44.0 Å². The molecule has 29 heavy (non-hydrogen) atoms. The van der Waals surface area contributed by atoms with Gasteiger partial charge in [-0.3, -0.25) is 4.79 Å². The highest BCUT2D eigenvalue weighted by atomic mass is 32.2. The quantitative estimate of drug-likeness (QED) is 0.604. The normalized spacial score (nSPS) is 14.6. The first-order valence-corrected chi connectivity index (χ1v) is 11.5. The highest BCUT2D eigenvalue weighted by Crippen LogP contribution is 2.21. The highest BCUT2D eigenvalue weighted by Gasteiger charge is 2.26. The predicted molar refractivity (Wildman–Crippen MR) is 112 cm³/mol. The summed E-state index contributed by atoms with van der Waals surface area (Å²) < 4.78 is 32.2. The van der Waals surface area contributed by atoms with Crippen LogP contribution in [0.3, 0.4) is 0 Å². The molecule has 0 bridgehead atoms. The fraction of sp³-hybridized carbons (Fsp3) is 0.409. The van der Waals surface area contributed by atoms with E-state index in [2.05, 4.69) is 5.32 Å².